The first-order chi connectivity index (χ1) is 18.7. The Bertz CT molecular complexity index is 995. The maximum absolute atomic E-state index is 13.5. The number of carbonyl (C=O) groups is 4. The minimum Gasteiger partial charge on any atom is -0.420 e. The van der Waals surface area contributed by atoms with Crippen LogP contribution in [0.2, 0.25) is 0 Å². The van der Waals surface area contributed by atoms with Crippen LogP contribution < -0.4 is 10.1 Å². The number of imide groups is 1. The Morgan fingerprint density at radius 3 is 1.74 bits per heavy atom. The first kappa shape index (κ1) is 31.8. The number of hydrogen-bond donors (Lipinski definition) is 1. The van der Waals surface area contributed by atoms with E-state index < -0.39 is 53.2 Å². The summed E-state index contributed by atoms with van der Waals surface area (Å²) < 4.78 is 78.4. The molecular formula is C24H28F4N2O9. The lowest BCUT2D eigenvalue weighted by Crippen LogP contribution is -2.35. The van der Waals surface area contributed by atoms with Crippen molar-refractivity contribution in [3.63, 3.8) is 0 Å². The molecule has 39 heavy (non-hydrogen) atoms. The molecule has 0 saturated carbocycles. The van der Waals surface area contributed by atoms with Crippen LogP contribution in [-0.2, 0) is 38.1 Å². The molecule has 1 heterocycles. The summed E-state index contributed by atoms with van der Waals surface area (Å²) in [6.45, 7) is 1.72. The first-order valence-electron chi connectivity index (χ1n) is 11.9. The van der Waals surface area contributed by atoms with Gasteiger partial charge in [0.25, 0.3) is 11.8 Å². The number of halogens is 4. The van der Waals surface area contributed by atoms with Gasteiger partial charge >= 0.3 is 5.97 Å². The van der Waals surface area contributed by atoms with E-state index in [1.807, 2.05) is 0 Å². The van der Waals surface area contributed by atoms with Crippen LogP contribution in [0, 0.1) is 23.3 Å². The van der Waals surface area contributed by atoms with Gasteiger partial charge in [0.1, 0.15) is 0 Å². The summed E-state index contributed by atoms with van der Waals surface area (Å²) in [7, 11) is 0. The first-order valence-corrected chi connectivity index (χ1v) is 11.9. The summed E-state index contributed by atoms with van der Waals surface area (Å²) in [4.78, 5) is 47.1. The number of nitrogens with zero attached hydrogens (tertiary/aromatic N) is 1. The molecule has 11 nitrogen and oxygen atoms in total. The Hall–Kier alpha value is -3.40. The monoisotopic (exact) mass is 564 g/mol. The van der Waals surface area contributed by atoms with Crippen molar-refractivity contribution in [2.45, 2.75) is 12.8 Å². The van der Waals surface area contributed by atoms with Gasteiger partial charge in [-0.15, -0.1) is 0 Å². The van der Waals surface area contributed by atoms with Gasteiger partial charge in [0, 0.05) is 37.7 Å². The SMILES string of the molecule is O=C(CCN1C(=O)C=CC1=O)NCCOCCOCCOCCOCCC(=O)Oc1c(F)c(F)cc(F)c1F. The van der Waals surface area contributed by atoms with E-state index in [1.54, 1.807) is 0 Å². The van der Waals surface area contributed by atoms with Crippen molar-refractivity contribution in [2.24, 2.45) is 0 Å². The average Bonchev–Trinajstić information content (AvgIpc) is 3.23. The second-order valence-corrected chi connectivity index (χ2v) is 7.73. The van der Waals surface area contributed by atoms with Crippen LogP contribution in [0.3, 0.4) is 0 Å². The molecule has 1 N–H and O–H groups in total. The van der Waals surface area contributed by atoms with E-state index >= 15 is 0 Å². The number of hydrogen-bond acceptors (Lipinski definition) is 9. The second-order valence-electron chi connectivity index (χ2n) is 7.73. The summed E-state index contributed by atoms with van der Waals surface area (Å²) in [6.07, 6.45) is 1.90. The number of benzene rings is 1. The molecule has 0 atom stereocenters. The molecule has 1 aliphatic heterocycles. The van der Waals surface area contributed by atoms with Gasteiger partial charge in [-0.05, 0) is 0 Å². The lowest BCUT2D eigenvalue weighted by atomic mass is 10.3. The highest BCUT2D eigenvalue weighted by Crippen LogP contribution is 2.26. The minimum atomic E-state index is -1.81. The summed E-state index contributed by atoms with van der Waals surface area (Å²) >= 11 is 0. The minimum absolute atomic E-state index is 0.00117. The molecule has 0 fully saturated rings. The van der Waals surface area contributed by atoms with Gasteiger partial charge in [-0.1, -0.05) is 0 Å². The van der Waals surface area contributed by atoms with Crippen molar-refractivity contribution < 1.29 is 60.4 Å². The Morgan fingerprint density at radius 1 is 0.718 bits per heavy atom. The Labute approximate surface area is 220 Å². The van der Waals surface area contributed by atoms with Crippen molar-refractivity contribution >= 4 is 23.7 Å². The quantitative estimate of drug-likeness (QED) is 0.0654. The largest absolute Gasteiger partial charge is 0.420 e. The fourth-order valence-corrected chi connectivity index (χ4v) is 2.94. The highest BCUT2D eigenvalue weighted by molar-refractivity contribution is 6.13. The number of ether oxygens (including phenoxy) is 5. The fourth-order valence-electron chi connectivity index (χ4n) is 2.94. The van der Waals surface area contributed by atoms with Crippen molar-refractivity contribution in [1.82, 2.24) is 10.2 Å². The fraction of sp³-hybridized carbons (Fsp3) is 0.500. The van der Waals surface area contributed by atoms with E-state index in [0.29, 0.717) is 6.61 Å². The van der Waals surface area contributed by atoms with Gasteiger partial charge in [0.2, 0.25) is 23.3 Å². The molecule has 15 heteroatoms. The smallest absolute Gasteiger partial charge is 0.313 e. The van der Waals surface area contributed by atoms with Gasteiger partial charge in [0.15, 0.2) is 11.6 Å². The molecule has 0 radical (unpaired) electrons. The van der Waals surface area contributed by atoms with Crippen molar-refractivity contribution in [3.05, 3.63) is 41.5 Å². The van der Waals surface area contributed by atoms with Crippen LogP contribution in [0.25, 0.3) is 0 Å². The molecule has 0 saturated heterocycles. The van der Waals surface area contributed by atoms with Gasteiger partial charge in [-0.2, -0.15) is 8.78 Å². The van der Waals surface area contributed by atoms with E-state index in [1.165, 1.54) is 0 Å². The standard InChI is InChI=1S/C24H28F4N2O9/c25-16-15-17(26)23(28)24(22(16)27)39-21(34)4-7-35-9-11-37-13-14-38-12-10-36-8-5-29-18(31)3-6-30-19(32)1-2-20(30)33/h1-2,15H,3-14H2,(H,29,31). The molecular weight excluding hydrogens is 536 g/mol. The molecule has 1 aromatic carbocycles. The van der Waals surface area contributed by atoms with Crippen LogP contribution in [0.4, 0.5) is 17.6 Å². The molecule has 2 rings (SSSR count). The summed E-state index contributed by atoms with van der Waals surface area (Å²) in [6, 6.07) is 0.00339. The zero-order valence-corrected chi connectivity index (χ0v) is 20.9. The van der Waals surface area contributed by atoms with Crippen LogP contribution in [-0.4, -0.2) is 94.5 Å². The highest BCUT2D eigenvalue weighted by Gasteiger charge is 2.24. The van der Waals surface area contributed by atoms with E-state index in [-0.39, 0.29) is 77.7 Å². The van der Waals surface area contributed by atoms with Crippen molar-refractivity contribution in [2.75, 3.05) is 65.9 Å². The average molecular weight is 564 g/mol. The van der Waals surface area contributed by atoms with Crippen LogP contribution in [0.5, 0.6) is 5.75 Å². The van der Waals surface area contributed by atoms with Gasteiger partial charge in [0.05, 0.1) is 59.3 Å². The summed E-state index contributed by atoms with van der Waals surface area (Å²) in [5.74, 6) is -10.8. The molecule has 1 aliphatic rings. The zero-order valence-electron chi connectivity index (χ0n) is 20.9. The number of nitrogens with one attached hydrogen (secondary N) is 1. The second kappa shape index (κ2) is 17.2. The predicted molar refractivity (Wildman–Crippen MR) is 123 cm³/mol. The summed E-state index contributed by atoms with van der Waals surface area (Å²) in [5, 5.41) is 2.61. The van der Waals surface area contributed by atoms with Crippen LogP contribution in [0.15, 0.2) is 18.2 Å². The third-order valence-electron chi connectivity index (χ3n) is 4.89. The number of amides is 3. The number of esters is 1. The third kappa shape index (κ3) is 11.5. The predicted octanol–water partition coefficient (Wildman–Crippen LogP) is 1.04. The molecule has 0 spiro atoms. The molecule has 0 bridgehead atoms. The maximum Gasteiger partial charge on any atom is 0.313 e. The van der Waals surface area contributed by atoms with Crippen molar-refractivity contribution in [1.29, 1.82) is 0 Å². The highest BCUT2D eigenvalue weighted by atomic mass is 19.2. The molecule has 0 unspecified atom stereocenters. The van der Waals surface area contributed by atoms with E-state index in [9.17, 15) is 36.7 Å². The van der Waals surface area contributed by atoms with E-state index in [0.717, 1.165) is 17.1 Å². The van der Waals surface area contributed by atoms with E-state index in [4.69, 9.17) is 18.9 Å². The number of carbonyl (C=O) groups excluding carboxylic acids is 4. The van der Waals surface area contributed by atoms with Crippen LogP contribution in [0.1, 0.15) is 12.8 Å². The normalized spacial score (nSPS) is 12.9. The van der Waals surface area contributed by atoms with Crippen molar-refractivity contribution in [3.8, 4) is 5.75 Å². The Morgan fingerprint density at radius 2 is 1.21 bits per heavy atom. The topological polar surface area (TPSA) is 130 Å². The lowest BCUT2D eigenvalue weighted by molar-refractivity contribution is -0.138. The lowest BCUT2D eigenvalue weighted by Gasteiger charge is -2.13. The third-order valence-corrected chi connectivity index (χ3v) is 4.89. The molecule has 0 aromatic heterocycles. The van der Waals surface area contributed by atoms with Gasteiger partial charge in [-0.25, -0.2) is 8.78 Å². The number of rotatable bonds is 19. The molecule has 0 aliphatic carbocycles. The van der Waals surface area contributed by atoms with Gasteiger partial charge < -0.3 is 29.0 Å². The summed E-state index contributed by atoms with van der Waals surface area (Å²) in [5.41, 5.74) is 0. The Balaban J connectivity index is 1.35. The zero-order chi connectivity index (χ0) is 28.6. The van der Waals surface area contributed by atoms with Crippen LogP contribution >= 0.6 is 0 Å². The Kier molecular flexibility index (Phi) is 14.1. The van der Waals surface area contributed by atoms with Gasteiger partial charge in [-0.3, -0.25) is 24.1 Å². The maximum atomic E-state index is 13.5. The molecule has 3 amide bonds. The molecule has 216 valence electrons. The molecule has 1 aromatic rings. The van der Waals surface area contributed by atoms with E-state index in [2.05, 4.69) is 10.1 Å².